The molecule has 116 valence electrons. The molecule has 2 aromatic heterocycles. The van der Waals surface area contributed by atoms with E-state index >= 15 is 0 Å². The highest BCUT2D eigenvalue weighted by molar-refractivity contribution is 7.11. The van der Waals surface area contributed by atoms with Gasteiger partial charge in [0, 0.05) is 10.4 Å². The van der Waals surface area contributed by atoms with Gasteiger partial charge < -0.3 is 0 Å². The fraction of sp³-hybridized carbons (Fsp3) is 0.118. The Morgan fingerprint density at radius 3 is 2.87 bits per heavy atom. The second kappa shape index (κ2) is 7.02. The van der Waals surface area contributed by atoms with Gasteiger partial charge in [0.25, 0.3) is 5.91 Å². The third-order valence-corrected chi connectivity index (χ3v) is 4.19. The number of carbonyl (C=O) groups excluding carboxylic acids is 1. The standard InChI is InChI=1S/C17H16N4OS/c1-2-12-5-7-13(8-6-12)15-10-16(20-19-15)17(22)21-18-11-14-4-3-9-23-14/h3-11H,2H2,1H3,(H,19,20)(H,21,22)/b18-11-. The van der Waals surface area contributed by atoms with Crippen molar-refractivity contribution in [1.29, 1.82) is 0 Å². The topological polar surface area (TPSA) is 70.1 Å². The van der Waals surface area contributed by atoms with E-state index in [0.29, 0.717) is 5.69 Å². The van der Waals surface area contributed by atoms with E-state index in [1.54, 1.807) is 23.6 Å². The maximum Gasteiger partial charge on any atom is 0.289 e. The minimum absolute atomic E-state index is 0.318. The summed E-state index contributed by atoms with van der Waals surface area (Å²) in [5, 5.41) is 12.8. The number of aromatic nitrogens is 2. The maximum atomic E-state index is 12.0. The normalized spacial score (nSPS) is 11.0. The van der Waals surface area contributed by atoms with Gasteiger partial charge in [0.05, 0.1) is 11.9 Å². The van der Waals surface area contributed by atoms with Crippen molar-refractivity contribution in [3.63, 3.8) is 0 Å². The van der Waals surface area contributed by atoms with E-state index in [9.17, 15) is 4.79 Å². The molecule has 6 heteroatoms. The van der Waals surface area contributed by atoms with E-state index in [2.05, 4.69) is 39.8 Å². The summed E-state index contributed by atoms with van der Waals surface area (Å²) in [7, 11) is 0. The first kappa shape index (κ1) is 15.2. The van der Waals surface area contributed by atoms with E-state index in [1.165, 1.54) is 5.56 Å². The SMILES string of the molecule is CCc1ccc(-c2cc(C(=O)N/N=C\c3cccs3)[nH]n2)cc1. The predicted molar refractivity (Wildman–Crippen MR) is 92.8 cm³/mol. The Morgan fingerprint density at radius 1 is 1.35 bits per heavy atom. The molecule has 3 rings (SSSR count). The van der Waals surface area contributed by atoms with Crippen LogP contribution in [0.4, 0.5) is 0 Å². The second-order valence-electron chi connectivity index (χ2n) is 4.93. The third-order valence-electron chi connectivity index (χ3n) is 3.38. The van der Waals surface area contributed by atoms with Crippen LogP contribution in [0.25, 0.3) is 11.3 Å². The minimum Gasteiger partial charge on any atom is -0.272 e. The maximum absolute atomic E-state index is 12.0. The quantitative estimate of drug-likeness (QED) is 0.557. The lowest BCUT2D eigenvalue weighted by Crippen LogP contribution is -2.17. The number of benzene rings is 1. The first-order valence-electron chi connectivity index (χ1n) is 7.28. The summed E-state index contributed by atoms with van der Waals surface area (Å²) in [6.07, 6.45) is 2.61. The first-order valence-corrected chi connectivity index (χ1v) is 8.16. The van der Waals surface area contributed by atoms with Crippen LogP contribution in [0.1, 0.15) is 27.9 Å². The van der Waals surface area contributed by atoms with Crippen LogP contribution in [-0.2, 0) is 6.42 Å². The summed E-state index contributed by atoms with van der Waals surface area (Å²) in [5.74, 6) is -0.318. The lowest BCUT2D eigenvalue weighted by molar-refractivity contribution is 0.0950. The number of hydrogen-bond acceptors (Lipinski definition) is 4. The number of thiophene rings is 1. The number of nitrogens with zero attached hydrogens (tertiary/aromatic N) is 2. The van der Waals surface area contributed by atoms with Crippen LogP contribution >= 0.6 is 11.3 Å². The molecule has 0 aliphatic heterocycles. The van der Waals surface area contributed by atoms with Crippen LogP contribution in [0.2, 0.25) is 0 Å². The molecule has 3 aromatic rings. The van der Waals surface area contributed by atoms with E-state index in [4.69, 9.17) is 0 Å². The third kappa shape index (κ3) is 3.73. The molecule has 0 saturated carbocycles. The molecule has 2 heterocycles. The molecular weight excluding hydrogens is 308 g/mol. The van der Waals surface area contributed by atoms with Crippen molar-refractivity contribution in [2.75, 3.05) is 0 Å². The molecule has 0 radical (unpaired) electrons. The van der Waals surface area contributed by atoms with Gasteiger partial charge in [0.1, 0.15) is 5.69 Å². The molecular formula is C17H16N4OS. The zero-order valence-electron chi connectivity index (χ0n) is 12.6. The largest absolute Gasteiger partial charge is 0.289 e. The van der Waals surface area contributed by atoms with E-state index < -0.39 is 0 Å². The number of hydrazone groups is 1. The van der Waals surface area contributed by atoms with Crippen molar-refractivity contribution in [2.45, 2.75) is 13.3 Å². The van der Waals surface area contributed by atoms with Crippen molar-refractivity contribution in [3.05, 3.63) is 64.0 Å². The number of aryl methyl sites for hydroxylation is 1. The van der Waals surface area contributed by atoms with Crippen LogP contribution in [0.3, 0.4) is 0 Å². The van der Waals surface area contributed by atoms with Crippen LogP contribution in [0.15, 0.2) is 52.9 Å². The summed E-state index contributed by atoms with van der Waals surface area (Å²) < 4.78 is 0. The first-order chi connectivity index (χ1) is 11.3. The molecule has 0 fully saturated rings. The number of H-pyrrole nitrogens is 1. The number of nitrogens with one attached hydrogen (secondary N) is 2. The Bertz CT molecular complexity index is 804. The molecule has 0 aliphatic carbocycles. The molecule has 23 heavy (non-hydrogen) atoms. The van der Waals surface area contributed by atoms with Crippen LogP contribution < -0.4 is 5.43 Å². The molecule has 0 bridgehead atoms. The molecule has 1 amide bonds. The summed E-state index contributed by atoms with van der Waals surface area (Å²) in [4.78, 5) is 13.0. The van der Waals surface area contributed by atoms with Gasteiger partial charge >= 0.3 is 0 Å². The van der Waals surface area contributed by atoms with Crippen molar-refractivity contribution in [1.82, 2.24) is 15.6 Å². The van der Waals surface area contributed by atoms with Gasteiger partial charge in [0.2, 0.25) is 0 Å². The van der Waals surface area contributed by atoms with Crippen molar-refractivity contribution in [2.24, 2.45) is 5.10 Å². The van der Waals surface area contributed by atoms with Gasteiger partial charge in [0.15, 0.2) is 0 Å². The Labute approximate surface area is 138 Å². The molecule has 1 aromatic carbocycles. The molecule has 0 unspecified atom stereocenters. The lowest BCUT2D eigenvalue weighted by Gasteiger charge is -1.98. The number of rotatable bonds is 5. The molecule has 5 nitrogen and oxygen atoms in total. The summed E-state index contributed by atoms with van der Waals surface area (Å²) in [5.41, 5.74) is 5.84. The van der Waals surface area contributed by atoms with E-state index in [-0.39, 0.29) is 5.91 Å². The van der Waals surface area contributed by atoms with Crippen LogP contribution in [0, 0.1) is 0 Å². The van der Waals surface area contributed by atoms with Gasteiger partial charge in [-0.25, -0.2) is 5.43 Å². The van der Waals surface area contributed by atoms with Gasteiger partial charge in [-0.05, 0) is 29.5 Å². The fourth-order valence-electron chi connectivity index (χ4n) is 2.08. The van der Waals surface area contributed by atoms with E-state index in [0.717, 1.165) is 22.6 Å². The highest BCUT2D eigenvalue weighted by atomic mass is 32.1. The summed E-state index contributed by atoms with van der Waals surface area (Å²) in [6, 6.07) is 13.7. The zero-order chi connectivity index (χ0) is 16.1. The van der Waals surface area contributed by atoms with Crippen molar-refractivity contribution < 1.29 is 4.79 Å². The number of hydrogen-bond donors (Lipinski definition) is 2. The molecule has 0 atom stereocenters. The van der Waals surface area contributed by atoms with Crippen LogP contribution in [-0.4, -0.2) is 22.3 Å². The van der Waals surface area contributed by atoms with Crippen LogP contribution in [0.5, 0.6) is 0 Å². The van der Waals surface area contributed by atoms with Gasteiger partial charge in [-0.3, -0.25) is 9.89 Å². The molecule has 2 N–H and O–H groups in total. The lowest BCUT2D eigenvalue weighted by atomic mass is 10.1. The number of aromatic amines is 1. The Kier molecular flexibility index (Phi) is 4.63. The number of amides is 1. The Morgan fingerprint density at radius 2 is 2.17 bits per heavy atom. The minimum atomic E-state index is -0.318. The predicted octanol–water partition coefficient (Wildman–Crippen LogP) is 3.46. The van der Waals surface area contributed by atoms with Gasteiger partial charge in [-0.2, -0.15) is 10.2 Å². The summed E-state index contributed by atoms with van der Waals surface area (Å²) >= 11 is 1.55. The zero-order valence-corrected chi connectivity index (χ0v) is 13.4. The van der Waals surface area contributed by atoms with Crippen molar-refractivity contribution >= 4 is 23.5 Å². The average Bonchev–Trinajstić information content (AvgIpc) is 3.26. The van der Waals surface area contributed by atoms with E-state index in [1.807, 2.05) is 29.6 Å². The fourth-order valence-corrected chi connectivity index (χ4v) is 2.66. The highest BCUT2D eigenvalue weighted by Crippen LogP contribution is 2.18. The van der Waals surface area contributed by atoms with Crippen molar-refractivity contribution in [3.8, 4) is 11.3 Å². The highest BCUT2D eigenvalue weighted by Gasteiger charge is 2.10. The average molecular weight is 324 g/mol. The molecule has 0 saturated heterocycles. The molecule has 0 spiro atoms. The second-order valence-corrected chi connectivity index (χ2v) is 5.91. The Hall–Kier alpha value is -2.73. The monoisotopic (exact) mass is 324 g/mol. The Balaban J connectivity index is 1.67. The van der Waals surface area contributed by atoms with Gasteiger partial charge in [-0.15, -0.1) is 11.3 Å². The smallest absolute Gasteiger partial charge is 0.272 e. The van der Waals surface area contributed by atoms with Gasteiger partial charge in [-0.1, -0.05) is 37.3 Å². The summed E-state index contributed by atoms with van der Waals surface area (Å²) in [6.45, 7) is 2.11. The number of carbonyl (C=O) groups is 1. The molecule has 0 aliphatic rings.